The van der Waals surface area contributed by atoms with E-state index in [0.717, 1.165) is 25.0 Å². The lowest BCUT2D eigenvalue weighted by atomic mass is 10.0. The van der Waals surface area contributed by atoms with Crippen LogP contribution in [0.5, 0.6) is 5.88 Å². The lowest BCUT2D eigenvalue weighted by Gasteiger charge is -2.13. The molecule has 3 heterocycles. The van der Waals surface area contributed by atoms with E-state index in [0.29, 0.717) is 22.2 Å². The Hall–Kier alpha value is -3.25. The van der Waals surface area contributed by atoms with Crippen LogP contribution in [0.15, 0.2) is 29.3 Å². The predicted octanol–water partition coefficient (Wildman–Crippen LogP) is 3.03. The first-order valence-corrected chi connectivity index (χ1v) is 11.8. The van der Waals surface area contributed by atoms with E-state index in [1.165, 1.54) is 6.20 Å². The first-order valence-electron chi connectivity index (χ1n) is 10.7. The topological polar surface area (TPSA) is 134 Å². The number of nitrogens with one attached hydrogen (secondary N) is 4. The van der Waals surface area contributed by atoms with Crippen LogP contribution in [0, 0.1) is 5.82 Å². The third-order valence-electron chi connectivity index (χ3n) is 5.85. The van der Waals surface area contributed by atoms with Gasteiger partial charge in [0, 0.05) is 29.8 Å². The fourth-order valence-corrected chi connectivity index (χ4v) is 5.22. The maximum Gasteiger partial charge on any atom is 0.345 e. The van der Waals surface area contributed by atoms with Crippen LogP contribution in [-0.4, -0.2) is 43.3 Å². The van der Waals surface area contributed by atoms with Crippen molar-refractivity contribution in [2.45, 2.75) is 49.6 Å². The van der Waals surface area contributed by atoms with E-state index in [4.69, 9.17) is 9.47 Å². The standard InChI is InChI=1S/C21H23FN6O4S/c1-2-31-21(29)14-9-23-28-20(14)32-12-4-3-11(7-12)16-8-18(27-26-16)25-15-5-6-17-13(19(15)22)10-24-33(17)30/h5-6,8-9,11-12,24H,2-4,7,10H2,1H3,(H,23,28)(H2,25,26,27). The van der Waals surface area contributed by atoms with Gasteiger partial charge in [-0.3, -0.25) is 5.10 Å². The highest BCUT2D eigenvalue weighted by Crippen LogP contribution is 2.37. The molecule has 174 valence electrons. The largest absolute Gasteiger partial charge is 0.474 e. The maximum absolute atomic E-state index is 14.8. The van der Waals surface area contributed by atoms with Crippen molar-refractivity contribution in [3.05, 3.63) is 47.0 Å². The van der Waals surface area contributed by atoms with Crippen LogP contribution in [0.2, 0.25) is 0 Å². The number of hydrogen-bond donors (Lipinski definition) is 4. The summed E-state index contributed by atoms with van der Waals surface area (Å²) in [4.78, 5) is 12.5. The van der Waals surface area contributed by atoms with Crippen LogP contribution in [0.3, 0.4) is 0 Å². The Kier molecular flexibility index (Phi) is 5.85. The molecule has 0 spiro atoms. The van der Waals surface area contributed by atoms with Gasteiger partial charge in [0.05, 0.1) is 23.4 Å². The minimum absolute atomic E-state index is 0.0918. The summed E-state index contributed by atoms with van der Waals surface area (Å²) in [7, 11) is -1.36. The number of halogens is 1. The van der Waals surface area contributed by atoms with Gasteiger partial charge < -0.3 is 14.8 Å². The number of rotatable bonds is 7. The van der Waals surface area contributed by atoms with E-state index in [2.05, 4.69) is 30.4 Å². The summed E-state index contributed by atoms with van der Waals surface area (Å²) in [6.07, 6.45) is 3.72. The van der Waals surface area contributed by atoms with Crippen molar-refractivity contribution in [3.8, 4) is 5.88 Å². The summed E-state index contributed by atoms with van der Waals surface area (Å²) in [6.45, 7) is 2.25. The summed E-state index contributed by atoms with van der Waals surface area (Å²) in [5.41, 5.74) is 1.89. The number of fused-ring (bicyclic) bond motifs is 1. The maximum atomic E-state index is 14.8. The van der Waals surface area contributed by atoms with Crippen molar-refractivity contribution >= 4 is 28.5 Å². The lowest BCUT2D eigenvalue weighted by Crippen LogP contribution is -2.15. The van der Waals surface area contributed by atoms with Gasteiger partial charge in [-0.2, -0.15) is 10.2 Å². The highest BCUT2D eigenvalue weighted by molar-refractivity contribution is 7.83. The molecule has 33 heavy (non-hydrogen) atoms. The van der Waals surface area contributed by atoms with Crippen molar-refractivity contribution in [1.82, 2.24) is 25.1 Å². The number of ether oxygens (including phenoxy) is 2. The zero-order valence-electron chi connectivity index (χ0n) is 17.8. The van der Waals surface area contributed by atoms with E-state index >= 15 is 0 Å². The molecule has 5 rings (SSSR count). The SMILES string of the molecule is CCOC(=O)c1cn[nH]c1OC1CCC(c2cc(Nc3ccc4c(c3F)CNS4=O)n[nH]2)C1. The van der Waals surface area contributed by atoms with Gasteiger partial charge in [-0.1, -0.05) is 0 Å². The number of benzene rings is 1. The normalized spacial score (nSPS) is 21.7. The fourth-order valence-electron chi connectivity index (χ4n) is 4.22. The molecule has 0 radical (unpaired) electrons. The summed E-state index contributed by atoms with van der Waals surface area (Å²) < 4.78 is 40.3. The second-order valence-electron chi connectivity index (χ2n) is 7.91. The molecule has 3 aromatic rings. The number of aromatic amines is 2. The van der Waals surface area contributed by atoms with Crippen molar-refractivity contribution in [2.75, 3.05) is 11.9 Å². The highest BCUT2D eigenvalue weighted by Gasteiger charge is 2.31. The molecule has 1 aliphatic carbocycles. The summed E-state index contributed by atoms with van der Waals surface area (Å²) in [5, 5.41) is 16.9. The van der Waals surface area contributed by atoms with Gasteiger partial charge in [0.25, 0.3) is 0 Å². The Morgan fingerprint density at radius 1 is 1.33 bits per heavy atom. The number of esters is 1. The molecule has 0 bridgehead atoms. The lowest BCUT2D eigenvalue weighted by molar-refractivity contribution is 0.0519. The second-order valence-corrected chi connectivity index (χ2v) is 9.18. The van der Waals surface area contributed by atoms with Gasteiger partial charge in [0.2, 0.25) is 5.88 Å². The van der Waals surface area contributed by atoms with Gasteiger partial charge in [0.1, 0.15) is 22.7 Å². The molecular formula is C21H23FN6O4S. The number of hydrogen-bond acceptors (Lipinski definition) is 7. The van der Waals surface area contributed by atoms with E-state index in [9.17, 15) is 13.4 Å². The molecule has 0 saturated heterocycles. The highest BCUT2D eigenvalue weighted by atomic mass is 32.2. The number of aromatic nitrogens is 4. The molecule has 12 heteroatoms. The predicted molar refractivity (Wildman–Crippen MR) is 117 cm³/mol. The Bertz CT molecular complexity index is 1210. The third kappa shape index (κ3) is 4.23. The Balaban J connectivity index is 1.23. The number of carbonyl (C=O) groups is 1. The summed E-state index contributed by atoms with van der Waals surface area (Å²) in [5.74, 6) is 0.0955. The quantitative estimate of drug-likeness (QED) is 0.387. The molecule has 2 aliphatic rings. The fraction of sp³-hybridized carbons (Fsp3) is 0.381. The Labute approximate surface area is 191 Å². The smallest absolute Gasteiger partial charge is 0.345 e. The molecule has 1 aromatic carbocycles. The van der Waals surface area contributed by atoms with E-state index < -0.39 is 22.8 Å². The Morgan fingerprint density at radius 2 is 2.21 bits per heavy atom. The molecule has 2 aromatic heterocycles. The van der Waals surface area contributed by atoms with Crippen LogP contribution in [0.25, 0.3) is 0 Å². The molecule has 1 fully saturated rings. The number of nitrogens with zero attached hydrogens (tertiary/aromatic N) is 2. The number of H-pyrrole nitrogens is 2. The van der Waals surface area contributed by atoms with E-state index in [1.54, 1.807) is 19.1 Å². The van der Waals surface area contributed by atoms with Crippen molar-refractivity contribution in [3.63, 3.8) is 0 Å². The molecule has 3 atom stereocenters. The van der Waals surface area contributed by atoms with Gasteiger partial charge in [-0.15, -0.1) is 0 Å². The van der Waals surface area contributed by atoms with Gasteiger partial charge in [-0.25, -0.2) is 23.2 Å². The van der Waals surface area contributed by atoms with Crippen LogP contribution in [-0.2, 0) is 22.3 Å². The first-order chi connectivity index (χ1) is 16.0. The third-order valence-corrected chi connectivity index (χ3v) is 7.04. The average Bonchev–Trinajstić information content (AvgIpc) is 3.59. The zero-order valence-corrected chi connectivity index (χ0v) is 18.6. The minimum atomic E-state index is -1.36. The Morgan fingerprint density at radius 3 is 3.06 bits per heavy atom. The van der Waals surface area contributed by atoms with Gasteiger partial charge in [-0.05, 0) is 38.3 Å². The zero-order chi connectivity index (χ0) is 22.9. The van der Waals surface area contributed by atoms with Crippen molar-refractivity contribution < 1.29 is 22.9 Å². The number of anilines is 2. The summed E-state index contributed by atoms with van der Waals surface area (Å²) in [6, 6.07) is 5.08. The molecule has 3 unspecified atom stereocenters. The van der Waals surface area contributed by atoms with Crippen LogP contribution < -0.4 is 14.8 Å². The molecule has 4 N–H and O–H groups in total. The van der Waals surface area contributed by atoms with Crippen molar-refractivity contribution in [1.29, 1.82) is 0 Å². The number of carbonyl (C=O) groups excluding carboxylic acids is 1. The summed E-state index contributed by atoms with van der Waals surface area (Å²) >= 11 is 0. The van der Waals surface area contributed by atoms with Crippen LogP contribution in [0.4, 0.5) is 15.9 Å². The minimum Gasteiger partial charge on any atom is -0.474 e. The molecule has 1 aliphatic heterocycles. The average molecular weight is 475 g/mol. The van der Waals surface area contributed by atoms with Crippen molar-refractivity contribution in [2.24, 2.45) is 0 Å². The van der Waals surface area contributed by atoms with Gasteiger partial charge >= 0.3 is 5.97 Å². The molecule has 0 amide bonds. The van der Waals surface area contributed by atoms with E-state index in [-0.39, 0.29) is 36.4 Å². The van der Waals surface area contributed by atoms with Crippen LogP contribution >= 0.6 is 0 Å². The second kappa shape index (κ2) is 8.94. The van der Waals surface area contributed by atoms with E-state index in [1.807, 2.05) is 6.07 Å². The molecule has 1 saturated carbocycles. The first kappa shape index (κ1) is 21.6. The molecule has 10 nitrogen and oxygen atoms in total. The monoisotopic (exact) mass is 474 g/mol. The van der Waals surface area contributed by atoms with Crippen LogP contribution in [0.1, 0.15) is 53.7 Å². The van der Waals surface area contributed by atoms with Gasteiger partial charge in [0.15, 0.2) is 11.6 Å². The molecular weight excluding hydrogens is 451 g/mol.